The number of carbonyl (C=O) groups excluding carboxylic acids is 1. The molecule has 1 atom stereocenters. The van der Waals surface area contributed by atoms with Gasteiger partial charge in [-0.2, -0.15) is 5.10 Å². The lowest BCUT2D eigenvalue weighted by molar-refractivity contribution is -0.150. The third kappa shape index (κ3) is 6.32. The molecular formula is C15H20BrN3O4S. The van der Waals surface area contributed by atoms with Crippen molar-refractivity contribution in [1.82, 2.24) is 5.43 Å². The van der Waals surface area contributed by atoms with E-state index >= 15 is 0 Å². The van der Waals surface area contributed by atoms with Gasteiger partial charge in [-0.1, -0.05) is 0 Å². The minimum absolute atomic E-state index is 0.0681. The molecule has 1 rings (SSSR count). The van der Waals surface area contributed by atoms with Crippen molar-refractivity contribution < 1.29 is 19.0 Å². The molecule has 0 fully saturated rings. The second kappa shape index (κ2) is 10.1. The molecule has 132 valence electrons. The van der Waals surface area contributed by atoms with Gasteiger partial charge in [-0.3, -0.25) is 5.43 Å². The maximum absolute atomic E-state index is 11.7. The molecule has 0 amide bonds. The molecule has 3 N–H and O–H groups in total. The average Bonchev–Trinajstić information content (AvgIpc) is 2.50. The number of hydrogen-bond acceptors (Lipinski definition) is 6. The fourth-order valence-corrected chi connectivity index (χ4v) is 2.30. The molecule has 7 nitrogen and oxygen atoms in total. The molecule has 9 heteroatoms. The molecule has 0 aromatic heterocycles. The summed E-state index contributed by atoms with van der Waals surface area (Å²) in [5, 5.41) is 3.96. The highest BCUT2D eigenvalue weighted by atomic mass is 79.9. The summed E-state index contributed by atoms with van der Waals surface area (Å²) in [6.45, 7) is 5.92. The first-order valence-corrected chi connectivity index (χ1v) is 8.47. The quantitative estimate of drug-likeness (QED) is 0.290. The van der Waals surface area contributed by atoms with E-state index in [4.69, 9.17) is 19.9 Å². The van der Waals surface area contributed by atoms with Crippen LogP contribution in [0.5, 0.6) is 11.5 Å². The van der Waals surface area contributed by atoms with E-state index in [1.165, 1.54) is 6.21 Å². The third-order valence-electron chi connectivity index (χ3n) is 2.63. The van der Waals surface area contributed by atoms with Gasteiger partial charge in [0, 0.05) is 0 Å². The highest BCUT2D eigenvalue weighted by molar-refractivity contribution is 9.10. The molecule has 0 aliphatic heterocycles. The Labute approximate surface area is 154 Å². The summed E-state index contributed by atoms with van der Waals surface area (Å²) in [7, 11) is 0. The van der Waals surface area contributed by atoms with Gasteiger partial charge in [-0.25, -0.2) is 4.79 Å². The Morgan fingerprint density at radius 2 is 2.17 bits per heavy atom. The van der Waals surface area contributed by atoms with Crippen molar-refractivity contribution in [2.75, 3.05) is 13.2 Å². The SMILES string of the molecule is CCOC(=O)C(C)Oc1c(Br)cc(C=NNC(N)=S)cc1OCC. The molecule has 0 aliphatic carbocycles. The van der Waals surface area contributed by atoms with E-state index < -0.39 is 12.1 Å². The first kappa shape index (κ1) is 20.2. The minimum Gasteiger partial charge on any atom is -0.490 e. The van der Waals surface area contributed by atoms with Crippen molar-refractivity contribution in [2.45, 2.75) is 26.9 Å². The van der Waals surface area contributed by atoms with Gasteiger partial charge in [0.25, 0.3) is 0 Å². The Bertz CT molecular complexity index is 625. The monoisotopic (exact) mass is 417 g/mol. The van der Waals surface area contributed by atoms with Crippen LogP contribution >= 0.6 is 28.1 Å². The Hall–Kier alpha value is -1.87. The molecule has 0 saturated heterocycles. The van der Waals surface area contributed by atoms with E-state index in [9.17, 15) is 4.79 Å². The number of thiocarbonyl (C=S) groups is 1. The van der Waals surface area contributed by atoms with Crippen molar-refractivity contribution in [1.29, 1.82) is 0 Å². The summed E-state index contributed by atoms with van der Waals surface area (Å²) in [6.07, 6.45) is 0.765. The number of nitrogens with two attached hydrogens (primary N) is 1. The number of halogens is 1. The van der Waals surface area contributed by atoms with Crippen LogP contribution in [0, 0.1) is 0 Å². The Kier molecular flexibility index (Phi) is 8.48. The Balaban J connectivity index is 3.04. The summed E-state index contributed by atoms with van der Waals surface area (Å²) in [6, 6.07) is 3.49. The van der Waals surface area contributed by atoms with Gasteiger partial charge in [0.2, 0.25) is 0 Å². The fraction of sp³-hybridized carbons (Fsp3) is 0.400. The number of ether oxygens (including phenoxy) is 3. The normalized spacial score (nSPS) is 11.8. The number of esters is 1. The molecular weight excluding hydrogens is 398 g/mol. The van der Waals surface area contributed by atoms with Gasteiger partial charge >= 0.3 is 5.97 Å². The number of nitrogens with zero attached hydrogens (tertiary/aromatic N) is 1. The molecule has 24 heavy (non-hydrogen) atoms. The number of carbonyl (C=O) groups is 1. The van der Waals surface area contributed by atoms with E-state index in [0.717, 1.165) is 5.56 Å². The average molecular weight is 418 g/mol. The van der Waals surface area contributed by atoms with Gasteiger partial charge in [0.15, 0.2) is 22.7 Å². The topological polar surface area (TPSA) is 95.2 Å². The molecule has 1 aromatic rings. The van der Waals surface area contributed by atoms with E-state index in [1.807, 2.05) is 6.92 Å². The predicted molar refractivity (Wildman–Crippen MR) is 99.5 cm³/mol. The highest BCUT2D eigenvalue weighted by Crippen LogP contribution is 2.37. The predicted octanol–water partition coefficient (Wildman–Crippen LogP) is 2.35. The smallest absolute Gasteiger partial charge is 0.347 e. The van der Waals surface area contributed by atoms with Crippen LogP contribution in [0.2, 0.25) is 0 Å². The van der Waals surface area contributed by atoms with E-state index in [-0.39, 0.29) is 11.7 Å². The van der Waals surface area contributed by atoms with Crippen LogP contribution in [0.4, 0.5) is 0 Å². The summed E-state index contributed by atoms with van der Waals surface area (Å²) < 4.78 is 16.8. The van der Waals surface area contributed by atoms with Gasteiger partial charge < -0.3 is 19.9 Å². The Morgan fingerprint density at radius 1 is 1.46 bits per heavy atom. The molecule has 0 aliphatic rings. The Morgan fingerprint density at radius 3 is 2.75 bits per heavy atom. The molecule has 0 bridgehead atoms. The largest absolute Gasteiger partial charge is 0.490 e. The first-order chi connectivity index (χ1) is 11.4. The third-order valence-corrected chi connectivity index (χ3v) is 3.31. The van der Waals surface area contributed by atoms with Crippen LogP contribution in [0.3, 0.4) is 0 Å². The van der Waals surface area contributed by atoms with Crippen molar-refractivity contribution in [3.63, 3.8) is 0 Å². The van der Waals surface area contributed by atoms with Crippen LogP contribution in [0.25, 0.3) is 0 Å². The molecule has 1 unspecified atom stereocenters. The maximum Gasteiger partial charge on any atom is 0.347 e. The molecule has 0 heterocycles. The number of benzene rings is 1. The molecule has 0 saturated carbocycles. The van der Waals surface area contributed by atoms with Crippen LogP contribution in [0.1, 0.15) is 26.3 Å². The van der Waals surface area contributed by atoms with Crippen molar-refractivity contribution in [2.24, 2.45) is 10.8 Å². The molecule has 0 spiro atoms. The standard InChI is InChI=1S/C15H20BrN3O4S/c1-4-21-12-7-10(8-18-19-15(17)24)6-11(16)13(12)23-9(3)14(20)22-5-2/h6-9H,4-5H2,1-3H3,(H3,17,19,24). The van der Waals surface area contributed by atoms with Crippen LogP contribution < -0.4 is 20.6 Å². The van der Waals surface area contributed by atoms with Crippen molar-refractivity contribution in [3.8, 4) is 11.5 Å². The lowest BCUT2D eigenvalue weighted by Gasteiger charge is -2.18. The van der Waals surface area contributed by atoms with E-state index in [2.05, 4.69) is 38.7 Å². The highest BCUT2D eigenvalue weighted by Gasteiger charge is 2.20. The zero-order chi connectivity index (χ0) is 18.1. The van der Waals surface area contributed by atoms with Gasteiger partial charge in [-0.15, -0.1) is 0 Å². The van der Waals surface area contributed by atoms with Gasteiger partial charge in [0.05, 0.1) is 23.9 Å². The van der Waals surface area contributed by atoms with Crippen molar-refractivity contribution >= 4 is 45.4 Å². The summed E-state index contributed by atoms with van der Waals surface area (Å²) >= 11 is 8.09. The molecule has 1 aromatic carbocycles. The summed E-state index contributed by atoms with van der Waals surface area (Å²) in [4.78, 5) is 11.7. The number of nitrogens with one attached hydrogen (secondary N) is 1. The first-order valence-electron chi connectivity index (χ1n) is 7.27. The van der Waals surface area contributed by atoms with Crippen LogP contribution in [-0.4, -0.2) is 36.6 Å². The summed E-state index contributed by atoms with van der Waals surface area (Å²) in [5.74, 6) is 0.440. The zero-order valence-electron chi connectivity index (χ0n) is 13.7. The molecule has 0 radical (unpaired) electrons. The van der Waals surface area contributed by atoms with Crippen molar-refractivity contribution in [3.05, 3.63) is 22.2 Å². The second-order valence-electron chi connectivity index (χ2n) is 4.51. The van der Waals surface area contributed by atoms with E-state index in [0.29, 0.717) is 22.6 Å². The zero-order valence-corrected chi connectivity index (χ0v) is 16.1. The number of rotatable bonds is 8. The van der Waals surface area contributed by atoms with Crippen LogP contribution in [-0.2, 0) is 9.53 Å². The van der Waals surface area contributed by atoms with Crippen LogP contribution in [0.15, 0.2) is 21.7 Å². The number of hydrogen-bond donors (Lipinski definition) is 2. The maximum atomic E-state index is 11.7. The summed E-state index contributed by atoms with van der Waals surface area (Å²) in [5.41, 5.74) is 8.50. The number of hydrazone groups is 1. The lowest BCUT2D eigenvalue weighted by atomic mass is 10.2. The fourth-order valence-electron chi connectivity index (χ4n) is 1.69. The second-order valence-corrected chi connectivity index (χ2v) is 5.80. The lowest BCUT2D eigenvalue weighted by Crippen LogP contribution is -2.26. The minimum atomic E-state index is -0.767. The van der Waals surface area contributed by atoms with E-state index in [1.54, 1.807) is 26.0 Å². The van der Waals surface area contributed by atoms with Gasteiger partial charge in [0.1, 0.15) is 0 Å². The van der Waals surface area contributed by atoms with Gasteiger partial charge in [-0.05, 0) is 66.6 Å².